The first-order valence-electron chi connectivity index (χ1n) is 14.1. The van der Waals surface area contributed by atoms with Crippen molar-refractivity contribution in [2.45, 2.75) is 104 Å². The van der Waals surface area contributed by atoms with Gasteiger partial charge in [-0.25, -0.2) is 4.79 Å². The Balaban J connectivity index is 3.34. The van der Waals surface area contributed by atoms with Gasteiger partial charge in [-0.05, 0) is 40.6 Å². The lowest BCUT2D eigenvalue weighted by Crippen LogP contribution is -2.52. The monoisotopic (exact) mass is 541 g/mol. The number of carbonyl (C=O) groups is 2. The number of allylic oxidation sites excluding steroid dienone is 2. The van der Waals surface area contributed by atoms with Crippen molar-refractivity contribution in [3.63, 3.8) is 0 Å². The van der Waals surface area contributed by atoms with Crippen molar-refractivity contribution in [1.82, 2.24) is 0 Å². The van der Waals surface area contributed by atoms with Crippen LogP contribution in [0.1, 0.15) is 80.7 Å². The molecule has 0 saturated carbocycles. The van der Waals surface area contributed by atoms with Crippen LogP contribution in [0, 0.1) is 11.8 Å². The van der Waals surface area contributed by atoms with E-state index in [1.807, 2.05) is 42.5 Å². The van der Waals surface area contributed by atoms with E-state index in [0.29, 0.717) is 23.0 Å². The second kappa shape index (κ2) is 16.5. The fourth-order valence-corrected chi connectivity index (χ4v) is 11.2. The van der Waals surface area contributed by atoms with Gasteiger partial charge >= 0.3 is 5.97 Å². The third-order valence-electron chi connectivity index (χ3n) is 7.71. The molecule has 0 radical (unpaired) electrons. The molecule has 0 heterocycles. The summed E-state index contributed by atoms with van der Waals surface area (Å²) in [6.07, 6.45) is 11.2. The number of esters is 1. The number of primary amides is 1. The summed E-state index contributed by atoms with van der Waals surface area (Å²) in [7, 11) is -2.21. The predicted octanol–water partition coefficient (Wildman–Crippen LogP) is 7.84. The number of benzene rings is 1. The second-order valence-electron chi connectivity index (χ2n) is 11.3. The van der Waals surface area contributed by atoms with Crippen molar-refractivity contribution >= 4 is 26.3 Å². The van der Waals surface area contributed by atoms with Crippen molar-refractivity contribution in [2.75, 3.05) is 0 Å². The molecular weight excluding hydrogens is 490 g/mol. The third kappa shape index (κ3) is 10.0. The smallest absolute Gasteiger partial charge is 0.331 e. The van der Waals surface area contributed by atoms with Gasteiger partial charge in [0.2, 0.25) is 14.2 Å². The number of carbonyl (C=O) groups excluding carboxylic acids is 2. The number of ether oxygens (including phenoxy) is 1. The fraction of sp³-hybridized carbons (Fsp3) is 0.562. The first-order valence-corrected chi connectivity index (χ1v) is 16.2. The van der Waals surface area contributed by atoms with E-state index >= 15 is 0 Å². The van der Waals surface area contributed by atoms with Gasteiger partial charge in [0.25, 0.3) is 0 Å². The highest BCUT2D eigenvalue weighted by atomic mass is 28.4. The Morgan fingerprint density at radius 3 is 1.97 bits per heavy atom. The van der Waals surface area contributed by atoms with Crippen LogP contribution < -0.4 is 5.73 Å². The van der Waals surface area contributed by atoms with Gasteiger partial charge in [0.1, 0.15) is 6.10 Å². The summed E-state index contributed by atoms with van der Waals surface area (Å²) in [4.78, 5) is 24.0. The first kappa shape index (κ1) is 33.6. The zero-order valence-electron chi connectivity index (χ0n) is 25.0. The summed E-state index contributed by atoms with van der Waals surface area (Å²) in [6.45, 7) is 20.1. The van der Waals surface area contributed by atoms with Crippen LogP contribution in [0.15, 0.2) is 60.7 Å². The molecule has 1 aromatic rings. The highest BCUT2D eigenvalue weighted by Gasteiger charge is 2.48. The van der Waals surface area contributed by atoms with E-state index < -0.39 is 14.2 Å². The van der Waals surface area contributed by atoms with Gasteiger partial charge in [-0.2, -0.15) is 0 Å². The topological polar surface area (TPSA) is 78.6 Å². The molecule has 4 atom stereocenters. The molecule has 1 aromatic carbocycles. The molecule has 0 bridgehead atoms. The Labute approximate surface area is 232 Å². The average Bonchev–Trinajstić information content (AvgIpc) is 2.86. The van der Waals surface area contributed by atoms with Crippen LogP contribution in [0.2, 0.25) is 16.6 Å². The lowest BCUT2D eigenvalue weighted by Gasteiger charge is -2.47. The molecule has 0 unspecified atom stereocenters. The highest BCUT2D eigenvalue weighted by Crippen LogP contribution is 2.44. The molecule has 0 aliphatic heterocycles. The molecule has 0 saturated heterocycles. The summed E-state index contributed by atoms with van der Waals surface area (Å²) in [6, 6.07) is 9.74. The largest absolute Gasteiger partial charge is 0.459 e. The Morgan fingerprint density at radius 1 is 0.895 bits per heavy atom. The quantitative estimate of drug-likeness (QED) is 0.100. The number of amides is 1. The zero-order chi connectivity index (χ0) is 28.9. The Morgan fingerprint density at radius 2 is 1.47 bits per heavy atom. The van der Waals surface area contributed by atoms with E-state index in [2.05, 4.69) is 62.3 Å². The van der Waals surface area contributed by atoms with Gasteiger partial charge in [0.05, 0.1) is 6.10 Å². The van der Waals surface area contributed by atoms with Crippen LogP contribution in [0.25, 0.3) is 6.08 Å². The molecule has 5 nitrogen and oxygen atoms in total. The molecule has 0 aromatic heterocycles. The molecule has 1 amide bonds. The van der Waals surface area contributed by atoms with Crippen LogP contribution in [-0.2, 0) is 18.8 Å². The second-order valence-corrected chi connectivity index (χ2v) is 16.7. The number of hydrogen-bond acceptors (Lipinski definition) is 4. The maximum absolute atomic E-state index is 12.9. The van der Waals surface area contributed by atoms with E-state index in [1.54, 1.807) is 12.2 Å². The van der Waals surface area contributed by atoms with Gasteiger partial charge in [0, 0.05) is 18.1 Å². The molecule has 0 aliphatic carbocycles. The van der Waals surface area contributed by atoms with Gasteiger partial charge in [-0.3, -0.25) is 4.79 Å². The average molecular weight is 542 g/mol. The molecule has 212 valence electrons. The number of nitrogens with two attached hydrogens (primary N) is 1. The zero-order valence-corrected chi connectivity index (χ0v) is 26.0. The van der Waals surface area contributed by atoms with Crippen molar-refractivity contribution < 1.29 is 18.8 Å². The summed E-state index contributed by atoms with van der Waals surface area (Å²) in [5.74, 6) is -0.692. The van der Waals surface area contributed by atoms with Crippen LogP contribution in [0.5, 0.6) is 0 Å². The maximum atomic E-state index is 12.9. The third-order valence-corrected chi connectivity index (χ3v) is 13.8. The maximum Gasteiger partial charge on any atom is 0.331 e. The lowest BCUT2D eigenvalue weighted by atomic mass is 9.86. The van der Waals surface area contributed by atoms with Gasteiger partial charge in [-0.15, -0.1) is 0 Å². The Hall–Kier alpha value is -2.44. The highest BCUT2D eigenvalue weighted by molar-refractivity contribution is 6.77. The normalized spacial score (nSPS) is 16.1. The summed E-state index contributed by atoms with van der Waals surface area (Å²) in [5.41, 5.74) is 7.46. The molecule has 6 heteroatoms. The minimum Gasteiger partial charge on any atom is -0.459 e. The van der Waals surface area contributed by atoms with Crippen LogP contribution >= 0.6 is 0 Å². The molecular formula is C32H51NO4Si. The van der Waals surface area contributed by atoms with Crippen LogP contribution in [-0.4, -0.2) is 32.4 Å². The molecule has 0 fully saturated rings. The van der Waals surface area contributed by atoms with Crippen molar-refractivity contribution in [2.24, 2.45) is 17.6 Å². The van der Waals surface area contributed by atoms with E-state index in [1.165, 1.54) is 12.2 Å². The van der Waals surface area contributed by atoms with Crippen molar-refractivity contribution in [3.8, 4) is 0 Å². The SMILES string of the molecule is CC[C@H](C)[C@@H](OC(=O)/C=C/c1ccccc1)[C@@H](C)[C@H](C/C=C/C=C\C(N)=O)O[Si](C(C)C)(C(C)C)C(C)C. The molecule has 1 rings (SSSR count). The molecule has 0 spiro atoms. The van der Waals surface area contributed by atoms with E-state index in [9.17, 15) is 9.59 Å². The molecule has 38 heavy (non-hydrogen) atoms. The van der Waals surface area contributed by atoms with Crippen molar-refractivity contribution in [3.05, 3.63) is 66.3 Å². The van der Waals surface area contributed by atoms with E-state index in [4.69, 9.17) is 14.9 Å². The lowest BCUT2D eigenvalue weighted by molar-refractivity contribution is -0.151. The van der Waals surface area contributed by atoms with Gasteiger partial charge in [0.15, 0.2) is 0 Å². The molecule has 0 aliphatic rings. The van der Waals surface area contributed by atoms with E-state index in [0.717, 1.165) is 12.0 Å². The van der Waals surface area contributed by atoms with Gasteiger partial charge < -0.3 is 14.9 Å². The van der Waals surface area contributed by atoms with Crippen LogP contribution in [0.4, 0.5) is 0 Å². The predicted molar refractivity (Wildman–Crippen MR) is 162 cm³/mol. The minimum absolute atomic E-state index is 0.0353. The van der Waals surface area contributed by atoms with Crippen molar-refractivity contribution in [1.29, 1.82) is 0 Å². The molecule has 2 N–H and O–H groups in total. The van der Waals surface area contributed by atoms with E-state index in [-0.39, 0.29) is 30.0 Å². The van der Waals surface area contributed by atoms with Crippen LogP contribution in [0.3, 0.4) is 0 Å². The van der Waals surface area contributed by atoms with Gasteiger partial charge in [-0.1, -0.05) is 117 Å². The number of hydrogen-bond donors (Lipinski definition) is 1. The fourth-order valence-electron chi connectivity index (χ4n) is 5.57. The Kier molecular flexibility index (Phi) is 14.6. The Bertz CT molecular complexity index is 914. The number of rotatable bonds is 16. The summed E-state index contributed by atoms with van der Waals surface area (Å²) in [5, 5.41) is 0. The minimum atomic E-state index is -2.21. The summed E-state index contributed by atoms with van der Waals surface area (Å²) >= 11 is 0. The standard InChI is InChI=1S/C32H51NO4Si/c1-10-26(8)32(36-31(35)22-21-28-17-13-11-14-18-28)27(9)29(19-15-12-16-20-30(33)34)37-38(23(2)3,24(4)5)25(6)7/h11-18,20-27,29,32H,10,19H2,1-9H3,(H2,33,34)/b15-12+,20-16-,22-21+/t26-,27-,29-,32+/m0/s1. The summed E-state index contributed by atoms with van der Waals surface area (Å²) < 4.78 is 13.4. The first-order chi connectivity index (χ1) is 17.9.